The summed E-state index contributed by atoms with van der Waals surface area (Å²) in [5.41, 5.74) is 1.77. The zero-order valence-electron chi connectivity index (χ0n) is 21.8. The fraction of sp³-hybridized carbons (Fsp3) is 0.464. The van der Waals surface area contributed by atoms with Crippen molar-refractivity contribution in [1.29, 1.82) is 0 Å². The largest absolute Gasteiger partial charge is 0.444 e. The molecule has 198 valence electrons. The van der Waals surface area contributed by atoms with Gasteiger partial charge in [0.2, 0.25) is 11.8 Å². The number of carbonyl (C=O) groups is 3. The molecule has 1 saturated heterocycles. The van der Waals surface area contributed by atoms with Gasteiger partial charge in [0, 0.05) is 19.6 Å². The van der Waals surface area contributed by atoms with E-state index in [-0.39, 0.29) is 37.7 Å². The summed E-state index contributed by atoms with van der Waals surface area (Å²) in [5.74, 6) is -0.598. The second kappa shape index (κ2) is 10.7. The zero-order chi connectivity index (χ0) is 26.8. The molecule has 3 N–H and O–H groups in total. The van der Waals surface area contributed by atoms with Crippen LogP contribution in [0.2, 0.25) is 5.02 Å². The number of fused-ring (bicyclic) bond motifs is 1. The Labute approximate surface area is 223 Å². The molecule has 0 spiro atoms. The zero-order valence-corrected chi connectivity index (χ0v) is 22.6. The number of hydrogen-bond acceptors (Lipinski definition) is 5. The number of rotatable bonds is 4. The van der Waals surface area contributed by atoms with Gasteiger partial charge in [0.25, 0.3) is 0 Å². The third-order valence-corrected chi connectivity index (χ3v) is 7.41. The second-order valence-electron chi connectivity index (χ2n) is 10.8. The number of amides is 3. The highest BCUT2D eigenvalue weighted by Crippen LogP contribution is 2.30. The Bertz CT molecular complexity index is 1180. The highest BCUT2D eigenvalue weighted by atomic mass is 35.5. The van der Waals surface area contributed by atoms with Gasteiger partial charge in [0.15, 0.2) is 0 Å². The number of ether oxygens (including phenoxy) is 1. The maximum absolute atomic E-state index is 13.7. The fourth-order valence-electron chi connectivity index (χ4n) is 4.75. The molecule has 2 aromatic rings. The molecular weight excluding hydrogens is 492 g/mol. The number of aryl methyl sites for hydroxylation is 1. The van der Waals surface area contributed by atoms with Gasteiger partial charge < -0.3 is 25.6 Å². The molecule has 2 aliphatic heterocycles. The van der Waals surface area contributed by atoms with Crippen LogP contribution < -0.4 is 16.0 Å². The molecule has 37 heavy (non-hydrogen) atoms. The van der Waals surface area contributed by atoms with Crippen molar-refractivity contribution in [3.05, 3.63) is 64.2 Å². The summed E-state index contributed by atoms with van der Waals surface area (Å²) >= 11 is 6.44. The highest BCUT2D eigenvalue weighted by molar-refractivity contribution is 6.34. The number of benzene rings is 2. The smallest absolute Gasteiger partial charge is 0.410 e. The second-order valence-corrected chi connectivity index (χ2v) is 11.2. The Morgan fingerprint density at radius 1 is 1.05 bits per heavy atom. The molecule has 3 amide bonds. The van der Waals surface area contributed by atoms with E-state index in [1.165, 1.54) is 5.56 Å². The summed E-state index contributed by atoms with van der Waals surface area (Å²) in [6, 6.07) is 13.0. The summed E-state index contributed by atoms with van der Waals surface area (Å²) < 4.78 is 5.51. The average Bonchev–Trinajstić information content (AvgIpc) is 2.85. The van der Waals surface area contributed by atoms with Crippen LogP contribution in [0.3, 0.4) is 0 Å². The molecule has 0 unspecified atom stereocenters. The van der Waals surface area contributed by atoms with Crippen LogP contribution in [0, 0.1) is 6.92 Å². The van der Waals surface area contributed by atoms with Crippen LogP contribution in [0.5, 0.6) is 0 Å². The Hall–Kier alpha value is -3.10. The number of carbonyl (C=O) groups excluding carboxylic acids is 3. The van der Waals surface area contributed by atoms with Crippen LogP contribution in [0.25, 0.3) is 0 Å². The van der Waals surface area contributed by atoms with Gasteiger partial charge in [0.05, 0.1) is 16.8 Å². The molecule has 2 aromatic carbocycles. The molecule has 1 atom stereocenters. The first kappa shape index (κ1) is 26.9. The van der Waals surface area contributed by atoms with Crippen molar-refractivity contribution >= 4 is 35.2 Å². The van der Waals surface area contributed by atoms with Crippen molar-refractivity contribution < 1.29 is 19.1 Å². The van der Waals surface area contributed by atoms with Crippen molar-refractivity contribution in [2.24, 2.45) is 0 Å². The summed E-state index contributed by atoms with van der Waals surface area (Å²) in [7, 11) is 0. The van der Waals surface area contributed by atoms with Crippen LogP contribution in [-0.2, 0) is 27.3 Å². The molecule has 9 heteroatoms. The third-order valence-electron chi connectivity index (χ3n) is 6.90. The van der Waals surface area contributed by atoms with Gasteiger partial charge in [-0.2, -0.15) is 0 Å². The quantitative estimate of drug-likeness (QED) is 0.555. The van der Waals surface area contributed by atoms with Crippen LogP contribution >= 0.6 is 11.6 Å². The summed E-state index contributed by atoms with van der Waals surface area (Å²) in [4.78, 5) is 41.4. The first-order valence-corrected chi connectivity index (χ1v) is 13.0. The van der Waals surface area contributed by atoms with E-state index < -0.39 is 23.3 Å². The summed E-state index contributed by atoms with van der Waals surface area (Å²) in [5, 5.41) is 9.73. The minimum Gasteiger partial charge on any atom is -0.444 e. The molecule has 8 nitrogen and oxygen atoms in total. The van der Waals surface area contributed by atoms with Gasteiger partial charge in [-0.25, -0.2) is 4.79 Å². The number of halogens is 1. The van der Waals surface area contributed by atoms with Crippen LogP contribution in [0.1, 0.15) is 50.3 Å². The molecule has 2 aliphatic rings. The number of hydrogen-bond donors (Lipinski definition) is 3. The van der Waals surface area contributed by atoms with Gasteiger partial charge in [-0.05, 0) is 69.7 Å². The third kappa shape index (κ3) is 6.25. The van der Waals surface area contributed by atoms with Crippen molar-refractivity contribution in [2.75, 3.05) is 18.4 Å². The maximum Gasteiger partial charge on any atom is 0.410 e. The molecule has 2 heterocycles. The average molecular weight is 527 g/mol. The van der Waals surface area contributed by atoms with Crippen LogP contribution in [0.4, 0.5) is 10.5 Å². The first-order valence-electron chi connectivity index (χ1n) is 12.6. The molecule has 0 aromatic heterocycles. The normalized spacial score (nSPS) is 18.9. The summed E-state index contributed by atoms with van der Waals surface area (Å²) in [6.07, 6.45) is 0.598. The van der Waals surface area contributed by atoms with E-state index in [1.807, 2.05) is 64.1 Å². The van der Waals surface area contributed by atoms with E-state index in [4.69, 9.17) is 16.3 Å². The van der Waals surface area contributed by atoms with Gasteiger partial charge in [-0.15, -0.1) is 0 Å². The number of nitrogens with zero attached hydrogens (tertiary/aromatic N) is 1. The van der Waals surface area contributed by atoms with E-state index in [9.17, 15) is 14.4 Å². The Morgan fingerprint density at radius 3 is 2.41 bits per heavy atom. The van der Waals surface area contributed by atoms with Gasteiger partial charge in [0.1, 0.15) is 11.1 Å². The molecule has 0 radical (unpaired) electrons. The molecular formula is C28H35ClN4O4. The lowest BCUT2D eigenvalue weighted by atomic mass is 9.85. The van der Waals surface area contributed by atoms with E-state index in [2.05, 4.69) is 16.0 Å². The Balaban J connectivity index is 1.53. The number of piperidine rings is 1. The molecule has 4 rings (SSSR count). The summed E-state index contributed by atoms with van der Waals surface area (Å²) in [6.45, 7) is 8.42. The lowest BCUT2D eigenvalue weighted by molar-refractivity contribution is -0.133. The molecule has 1 fully saturated rings. The molecule has 0 aliphatic carbocycles. The fourth-order valence-corrected chi connectivity index (χ4v) is 4.93. The van der Waals surface area contributed by atoms with Crippen molar-refractivity contribution in [3.8, 4) is 0 Å². The maximum atomic E-state index is 13.7. The van der Waals surface area contributed by atoms with Crippen molar-refractivity contribution in [3.63, 3.8) is 0 Å². The monoisotopic (exact) mass is 526 g/mol. The van der Waals surface area contributed by atoms with E-state index in [1.54, 1.807) is 11.0 Å². The minimum absolute atomic E-state index is 0.245. The number of nitrogens with one attached hydrogen (secondary N) is 3. The van der Waals surface area contributed by atoms with Crippen LogP contribution in [0.15, 0.2) is 42.5 Å². The van der Waals surface area contributed by atoms with Crippen molar-refractivity contribution in [2.45, 2.75) is 70.7 Å². The lowest BCUT2D eigenvalue weighted by Gasteiger charge is -2.42. The Morgan fingerprint density at radius 2 is 1.73 bits per heavy atom. The number of anilines is 1. The topological polar surface area (TPSA) is 99.8 Å². The molecule has 0 bridgehead atoms. The van der Waals surface area contributed by atoms with Gasteiger partial charge >= 0.3 is 6.09 Å². The Kier molecular flexibility index (Phi) is 7.80. The van der Waals surface area contributed by atoms with Crippen LogP contribution in [-0.4, -0.2) is 53.1 Å². The SMILES string of the molecule is Cc1cccc(NC(=O)C2(NC(=O)[C@@H]3Cc4ccccc4CN3)CCN(C(=O)OC(C)(C)C)CC2)c1Cl. The standard InChI is InChI=1S/C28H35ClN4O4/c1-18-8-7-11-21(23(18)29)31-25(35)28(12-14-33(15-13-28)26(36)37-27(2,3)4)32-24(34)22-16-19-9-5-6-10-20(19)17-30-22/h5-11,22,30H,12-17H2,1-4H3,(H,31,35)(H,32,34)/t22-/m0/s1. The first-order chi connectivity index (χ1) is 17.5. The highest BCUT2D eigenvalue weighted by Gasteiger charge is 2.45. The van der Waals surface area contributed by atoms with Gasteiger partial charge in [-0.3, -0.25) is 9.59 Å². The number of likely N-dealkylation sites (tertiary alicyclic amines) is 1. The van der Waals surface area contributed by atoms with Gasteiger partial charge in [-0.1, -0.05) is 48.0 Å². The van der Waals surface area contributed by atoms with E-state index in [0.717, 1.165) is 11.1 Å². The lowest BCUT2D eigenvalue weighted by Crippen LogP contribution is -2.65. The minimum atomic E-state index is -1.21. The molecule has 0 saturated carbocycles. The predicted octanol–water partition coefficient (Wildman–Crippen LogP) is 4.19. The van der Waals surface area contributed by atoms with E-state index >= 15 is 0 Å². The van der Waals surface area contributed by atoms with Crippen molar-refractivity contribution in [1.82, 2.24) is 15.5 Å². The van der Waals surface area contributed by atoms with E-state index in [0.29, 0.717) is 23.7 Å². The predicted molar refractivity (Wildman–Crippen MR) is 144 cm³/mol.